The standard InChI is InChI=1S/C21H34N4O2S2/c22-14-17-6-7-23-21(12-17)27-16-20-13-19(18-4-2-1-3-5-18)15-25(20)28-24-8-10-29(26)11-9-24/h6-7,12,18-20H,1-5,8-11,13-16,22H2. The van der Waals surface area contributed by atoms with Crippen LogP contribution in [0.5, 0.6) is 5.88 Å². The van der Waals surface area contributed by atoms with Gasteiger partial charge in [0.25, 0.3) is 0 Å². The number of hydrogen-bond donors (Lipinski definition) is 1. The fraction of sp³-hybridized carbons (Fsp3) is 0.762. The predicted molar refractivity (Wildman–Crippen MR) is 120 cm³/mol. The first-order chi connectivity index (χ1) is 14.2. The van der Waals surface area contributed by atoms with Gasteiger partial charge in [0.15, 0.2) is 0 Å². The molecule has 1 saturated carbocycles. The van der Waals surface area contributed by atoms with Gasteiger partial charge in [0.1, 0.15) is 18.1 Å². The van der Waals surface area contributed by atoms with Crippen LogP contribution < -0.4 is 10.5 Å². The molecule has 29 heavy (non-hydrogen) atoms. The van der Waals surface area contributed by atoms with Gasteiger partial charge in [-0.3, -0.25) is 0 Å². The highest BCUT2D eigenvalue weighted by Crippen LogP contribution is 2.40. The molecule has 2 unspecified atom stereocenters. The lowest BCUT2D eigenvalue weighted by Gasteiger charge is -2.32. The van der Waals surface area contributed by atoms with Crippen molar-refractivity contribution in [2.24, 2.45) is 17.6 Å². The van der Waals surface area contributed by atoms with Crippen LogP contribution in [0.1, 0.15) is 44.1 Å². The van der Waals surface area contributed by atoms with Crippen LogP contribution in [0.3, 0.4) is 0 Å². The number of nitrogens with zero attached hydrogens (tertiary/aromatic N) is 3. The van der Waals surface area contributed by atoms with Crippen LogP contribution in [-0.4, -0.2) is 61.9 Å². The quantitative estimate of drug-likeness (QED) is 0.518. The van der Waals surface area contributed by atoms with Crippen molar-refractivity contribution < 1.29 is 9.29 Å². The van der Waals surface area contributed by atoms with E-state index in [0.717, 1.165) is 48.5 Å². The summed E-state index contributed by atoms with van der Waals surface area (Å²) in [6.07, 6.45) is 9.94. The van der Waals surface area contributed by atoms with Gasteiger partial charge < -0.3 is 15.0 Å². The summed E-state index contributed by atoms with van der Waals surface area (Å²) in [4.78, 5) is 4.36. The molecule has 4 rings (SSSR count). The third kappa shape index (κ3) is 6.02. The maximum atomic E-state index is 11.7. The highest BCUT2D eigenvalue weighted by atomic mass is 32.2. The summed E-state index contributed by atoms with van der Waals surface area (Å²) in [5.74, 6) is 3.89. The Labute approximate surface area is 182 Å². The molecular weight excluding hydrogens is 404 g/mol. The molecule has 2 saturated heterocycles. The third-order valence-electron chi connectivity index (χ3n) is 6.53. The molecule has 2 aliphatic heterocycles. The molecule has 0 aromatic carbocycles. The van der Waals surface area contributed by atoms with E-state index in [0.29, 0.717) is 25.1 Å². The molecule has 3 aliphatic rings. The summed E-state index contributed by atoms with van der Waals surface area (Å²) < 4.78 is 22.8. The van der Waals surface area contributed by atoms with Crippen LogP contribution in [0.15, 0.2) is 18.3 Å². The Morgan fingerprint density at radius 2 is 2.00 bits per heavy atom. The van der Waals surface area contributed by atoms with E-state index >= 15 is 0 Å². The fourth-order valence-corrected chi connectivity index (χ4v) is 7.27. The first-order valence-electron chi connectivity index (χ1n) is 11.0. The molecule has 162 valence electrons. The SMILES string of the molecule is NCc1ccnc(OCC2CC(C3CCCCC3)CN2SN2CC[S+]([O-])CC2)c1. The van der Waals surface area contributed by atoms with E-state index in [-0.39, 0.29) is 0 Å². The van der Waals surface area contributed by atoms with Crippen LogP contribution >= 0.6 is 12.1 Å². The average molecular weight is 439 g/mol. The Bertz CT molecular complexity index is 639. The summed E-state index contributed by atoms with van der Waals surface area (Å²) in [5, 5.41) is 0. The molecule has 1 aromatic heterocycles. The van der Waals surface area contributed by atoms with Crippen molar-refractivity contribution in [1.82, 2.24) is 13.6 Å². The number of pyridine rings is 1. The molecule has 0 bridgehead atoms. The van der Waals surface area contributed by atoms with E-state index in [1.54, 1.807) is 6.20 Å². The van der Waals surface area contributed by atoms with E-state index < -0.39 is 11.2 Å². The maximum Gasteiger partial charge on any atom is 0.213 e. The highest BCUT2D eigenvalue weighted by molar-refractivity contribution is 7.95. The zero-order valence-corrected chi connectivity index (χ0v) is 18.8. The second-order valence-electron chi connectivity index (χ2n) is 8.52. The summed E-state index contributed by atoms with van der Waals surface area (Å²) in [7, 11) is 0. The van der Waals surface area contributed by atoms with Crippen molar-refractivity contribution in [3.05, 3.63) is 23.9 Å². The normalized spacial score (nSPS) is 28.1. The van der Waals surface area contributed by atoms with Crippen molar-refractivity contribution in [2.45, 2.75) is 51.1 Å². The highest BCUT2D eigenvalue weighted by Gasteiger charge is 2.39. The Hall–Kier alpha value is -0.510. The van der Waals surface area contributed by atoms with Crippen molar-refractivity contribution in [3.8, 4) is 5.88 Å². The van der Waals surface area contributed by atoms with E-state index in [9.17, 15) is 4.55 Å². The summed E-state index contributed by atoms with van der Waals surface area (Å²) >= 11 is 1.23. The molecule has 1 aliphatic carbocycles. The van der Waals surface area contributed by atoms with Gasteiger partial charge >= 0.3 is 0 Å². The predicted octanol–water partition coefficient (Wildman–Crippen LogP) is 2.82. The topological polar surface area (TPSA) is 77.7 Å². The van der Waals surface area contributed by atoms with Crippen LogP contribution in [0.4, 0.5) is 0 Å². The van der Waals surface area contributed by atoms with Crippen molar-refractivity contribution in [3.63, 3.8) is 0 Å². The van der Waals surface area contributed by atoms with Crippen LogP contribution in [0, 0.1) is 11.8 Å². The van der Waals surface area contributed by atoms with E-state index in [4.69, 9.17) is 10.5 Å². The Balaban J connectivity index is 1.37. The van der Waals surface area contributed by atoms with Gasteiger partial charge in [-0.2, -0.15) is 0 Å². The van der Waals surface area contributed by atoms with Crippen molar-refractivity contribution in [1.29, 1.82) is 0 Å². The number of hydrogen-bond acceptors (Lipinski definition) is 7. The fourth-order valence-electron chi connectivity index (χ4n) is 4.81. The molecule has 2 atom stereocenters. The third-order valence-corrected chi connectivity index (χ3v) is 9.06. The molecule has 3 heterocycles. The molecule has 6 nitrogen and oxygen atoms in total. The largest absolute Gasteiger partial charge is 0.616 e. The number of nitrogens with two attached hydrogens (primary N) is 1. The number of rotatable bonds is 7. The Kier molecular flexibility index (Phi) is 8.00. The lowest BCUT2D eigenvalue weighted by molar-refractivity contribution is 0.227. The van der Waals surface area contributed by atoms with E-state index in [1.165, 1.54) is 38.5 Å². The minimum Gasteiger partial charge on any atom is -0.616 e. The molecule has 8 heteroatoms. The summed E-state index contributed by atoms with van der Waals surface area (Å²) in [5.41, 5.74) is 6.80. The molecule has 3 fully saturated rings. The van der Waals surface area contributed by atoms with Gasteiger partial charge in [-0.15, -0.1) is 0 Å². The molecular formula is C21H34N4O2S2. The number of ether oxygens (including phenoxy) is 1. The van der Waals surface area contributed by atoms with Gasteiger partial charge in [-0.05, 0) is 29.9 Å². The molecule has 2 N–H and O–H groups in total. The van der Waals surface area contributed by atoms with Crippen LogP contribution in [-0.2, 0) is 17.7 Å². The molecule has 1 aromatic rings. The monoisotopic (exact) mass is 438 g/mol. The van der Waals surface area contributed by atoms with E-state index in [1.807, 2.05) is 24.3 Å². The lowest BCUT2D eigenvalue weighted by Crippen LogP contribution is -2.40. The minimum absolute atomic E-state index is 0.391. The smallest absolute Gasteiger partial charge is 0.213 e. The Morgan fingerprint density at radius 1 is 1.21 bits per heavy atom. The molecule has 0 radical (unpaired) electrons. The van der Waals surface area contributed by atoms with Gasteiger partial charge in [0, 0.05) is 37.5 Å². The number of aromatic nitrogens is 1. The maximum absolute atomic E-state index is 11.7. The minimum atomic E-state index is -0.632. The average Bonchev–Trinajstić information content (AvgIpc) is 3.17. The lowest BCUT2D eigenvalue weighted by atomic mass is 9.79. The molecule has 0 spiro atoms. The van der Waals surface area contributed by atoms with Gasteiger partial charge in [0.05, 0.1) is 19.1 Å². The van der Waals surface area contributed by atoms with Gasteiger partial charge in [-0.1, -0.05) is 43.3 Å². The van der Waals surface area contributed by atoms with Gasteiger partial charge in [-0.25, -0.2) is 13.6 Å². The Morgan fingerprint density at radius 3 is 2.76 bits per heavy atom. The van der Waals surface area contributed by atoms with E-state index in [2.05, 4.69) is 13.6 Å². The zero-order valence-electron chi connectivity index (χ0n) is 17.2. The summed E-state index contributed by atoms with van der Waals surface area (Å²) in [6, 6.07) is 4.28. The van der Waals surface area contributed by atoms with Crippen LogP contribution in [0.25, 0.3) is 0 Å². The molecule has 0 amide bonds. The first kappa shape index (κ1) is 21.7. The second-order valence-corrected chi connectivity index (χ2v) is 11.4. The summed E-state index contributed by atoms with van der Waals surface area (Å²) in [6.45, 7) is 4.13. The van der Waals surface area contributed by atoms with Crippen LogP contribution in [0.2, 0.25) is 0 Å². The van der Waals surface area contributed by atoms with Gasteiger partial charge in [0.2, 0.25) is 5.88 Å². The zero-order chi connectivity index (χ0) is 20.1. The second kappa shape index (κ2) is 10.7. The van der Waals surface area contributed by atoms with Crippen molar-refractivity contribution in [2.75, 3.05) is 37.7 Å². The van der Waals surface area contributed by atoms with Crippen molar-refractivity contribution >= 4 is 23.3 Å². The first-order valence-corrected chi connectivity index (χ1v) is 13.3.